The molecule has 1 aromatic rings. The van der Waals surface area contributed by atoms with E-state index in [1.807, 2.05) is 37.3 Å². The van der Waals surface area contributed by atoms with E-state index in [1.54, 1.807) is 0 Å². The third-order valence-electron chi connectivity index (χ3n) is 1.90. The minimum Gasteiger partial charge on any atom is -0.389 e. The van der Waals surface area contributed by atoms with Crippen molar-refractivity contribution in [3.05, 3.63) is 41.6 Å². The van der Waals surface area contributed by atoms with E-state index in [0.717, 1.165) is 11.3 Å². The van der Waals surface area contributed by atoms with Crippen LogP contribution < -0.4 is 11.1 Å². The lowest BCUT2D eigenvalue weighted by Gasteiger charge is -2.04. The van der Waals surface area contributed by atoms with Gasteiger partial charge in [-0.2, -0.15) is 5.26 Å². The second kappa shape index (κ2) is 5.13. The number of rotatable bonds is 3. The van der Waals surface area contributed by atoms with Crippen LogP contribution in [0, 0.1) is 18.3 Å². The summed E-state index contributed by atoms with van der Waals surface area (Å²) in [5.41, 5.74) is 7.65. The van der Waals surface area contributed by atoms with E-state index >= 15 is 0 Å². The smallest absolute Gasteiger partial charge is 0.116 e. The van der Waals surface area contributed by atoms with Gasteiger partial charge < -0.3 is 11.1 Å². The molecule has 0 bridgehead atoms. The number of nitriles is 1. The highest BCUT2D eigenvalue weighted by molar-refractivity contribution is 7.80. The summed E-state index contributed by atoms with van der Waals surface area (Å²) in [5, 5.41) is 11.7. The number of nitrogens with one attached hydrogen (secondary N) is 1. The zero-order chi connectivity index (χ0) is 11.3. The van der Waals surface area contributed by atoms with Crippen LogP contribution in [0.5, 0.6) is 0 Å². The first-order chi connectivity index (χ1) is 7.15. The molecule has 76 valence electrons. The van der Waals surface area contributed by atoms with Gasteiger partial charge in [-0.1, -0.05) is 30.4 Å². The Hall–Kier alpha value is -1.86. The summed E-state index contributed by atoms with van der Waals surface area (Å²) in [6.07, 6.45) is 1.52. The zero-order valence-corrected chi connectivity index (χ0v) is 9.14. The quantitative estimate of drug-likeness (QED) is 0.462. The molecule has 4 heteroatoms. The fourth-order valence-corrected chi connectivity index (χ4v) is 1.15. The summed E-state index contributed by atoms with van der Waals surface area (Å²) in [5.74, 6) is 0. The molecule has 1 rings (SSSR count). The average Bonchev–Trinajstić information content (AvgIpc) is 2.21. The molecule has 0 saturated carbocycles. The number of para-hydroxylation sites is 1. The molecule has 0 fully saturated rings. The Balaban J connectivity index is 2.85. The molecule has 0 radical (unpaired) electrons. The van der Waals surface area contributed by atoms with Crippen molar-refractivity contribution in [3.63, 3.8) is 0 Å². The number of aryl methyl sites for hydroxylation is 1. The van der Waals surface area contributed by atoms with Crippen LogP contribution in [0.4, 0.5) is 5.69 Å². The van der Waals surface area contributed by atoms with Crippen LogP contribution in [0.2, 0.25) is 0 Å². The molecule has 0 amide bonds. The number of hydrogen-bond donors (Lipinski definition) is 2. The lowest BCUT2D eigenvalue weighted by atomic mass is 10.2. The molecule has 3 nitrogen and oxygen atoms in total. The summed E-state index contributed by atoms with van der Waals surface area (Å²) in [6.45, 7) is 1.98. The van der Waals surface area contributed by atoms with E-state index in [9.17, 15) is 0 Å². The molecule has 0 saturated heterocycles. The normalized spacial score (nSPS) is 10.5. The molecule has 0 unspecified atom stereocenters. The van der Waals surface area contributed by atoms with Gasteiger partial charge in [0.1, 0.15) is 16.6 Å². The van der Waals surface area contributed by atoms with E-state index in [-0.39, 0.29) is 10.6 Å². The van der Waals surface area contributed by atoms with Crippen molar-refractivity contribution in [1.29, 1.82) is 5.26 Å². The minimum atomic E-state index is 0.0959. The molecule has 15 heavy (non-hydrogen) atoms. The van der Waals surface area contributed by atoms with Gasteiger partial charge in [-0.05, 0) is 18.6 Å². The van der Waals surface area contributed by atoms with E-state index in [1.165, 1.54) is 6.20 Å². The van der Waals surface area contributed by atoms with Crippen LogP contribution in [-0.4, -0.2) is 4.99 Å². The maximum absolute atomic E-state index is 8.72. The lowest BCUT2D eigenvalue weighted by Crippen LogP contribution is -2.11. The summed E-state index contributed by atoms with van der Waals surface area (Å²) >= 11 is 4.71. The summed E-state index contributed by atoms with van der Waals surface area (Å²) in [4.78, 5) is 0.0959. The van der Waals surface area contributed by atoms with Gasteiger partial charge in [-0.15, -0.1) is 0 Å². The number of anilines is 1. The van der Waals surface area contributed by atoms with E-state index in [0.29, 0.717) is 0 Å². The largest absolute Gasteiger partial charge is 0.389 e. The van der Waals surface area contributed by atoms with Gasteiger partial charge in [0.25, 0.3) is 0 Å². The van der Waals surface area contributed by atoms with Crippen molar-refractivity contribution >= 4 is 22.9 Å². The maximum Gasteiger partial charge on any atom is 0.116 e. The molecular formula is C11H11N3S. The Labute approximate surface area is 94.2 Å². The third kappa shape index (κ3) is 3.08. The van der Waals surface area contributed by atoms with Gasteiger partial charge >= 0.3 is 0 Å². The fraction of sp³-hybridized carbons (Fsp3) is 0.0909. The SMILES string of the molecule is Cc1ccccc1N/C=C(/C#N)C(N)=S. The van der Waals surface area contributed by atoms with E-state index in [2.05, 4.69) is 5.32 Å². The Morgan fingerprint density at radius 2 is 2.20 bits per heavy atom. The van der Waals surface area contributed by atoms with Crippen LogP contribution >= 0.6 is 12.2 Å². The molecule has 0 aliphatic carbocycles. The standard InChI is InChI=1S/C11H11N3S/c1-8-4-2-3-5-10(8)14-7-9(6-12)11(13)15/h2-5,7,14H,1H3,(H2,13,15)/b9-7-. The molecule has 0 aromatic heterocycles. The van der Waals surface area contributed by atoms with Crippen LogP contribution in [0.25, 0.3) is 0 Å². The zero-order valence-electron chi connectivity index (χ0n) is 8.32. The first kappa shape index (κ1) is 11.2. The molecule has 0 atom stereocenters. The summed E-state index contributed by atoms with van der Waals surface area (Å²) in [6, 6.07) is 9.68. The summed E-state index contributed by atoms with van der Waals surface area (Å²) < 4.78 is 0. The van der Waals surface area contributed by atoms with Gasteiger partial charge in [0.05, 0.1) is 0 Å². The monoisotopic (exact) mass is 217 g/mol. The highest BCUT2D eigenvalue weighted by Gasteiger charge is 1.99. The molecule has 1 aromatic carbocycles. The van der Waals surface area contributed by atoms with Gasteiger partial charge in [0, 0.05) is 11.9 Å². The highest BCUT2D eigenvalue weighted by atomic mass is 32.1. The topological polar surface area (TPSA) is 61.8 Å². The van der Waals surface area contributed by atoms with Crippen molar-refractivity contribution in [2.45, 2.75) is 6.92 Å². The summed E-state index contributed by atoms with van der Waals surface area (Å²) in [7, 11) is 0. The predicted octanol–water partition coefficient (Wildman–Crippen LogP) is 2.10. The van der Waals surface area contributed by atoms with Gasteiger partial charge in [0.2, 0.25) is 0 Å². The Kier molecular flexibility index (Phi) is 3.83. The van der Waals surface area contributed by atoms with Crippen LogP contribution in [0.15, 0.2) is 36.0 Å². The fourth-order valence-electron chi connectivity index (χ4n) is 1.04. The van der Waals surface area contributed by atoms with Crippen molar-refractivity contribution in [1.82, 2.24) is 0 Å². The van der Waals surface area contributed by atoms with Crippen LogP contribution in [0.1, 0.15) is 5.56 Å². The minimum absolute atomic E-state index is 0.0959. The number of hydrogen-bond acceptors (Lipinski definition) is 3. The van der Waals surface area contributed by atoms with Crippen LogP contribution in [0.3, 0.4) is 0 Å². The number of nitrogens with two attached hydrogens (primary N) is 1. The molecule has 0 aliphatic rings. The highest BCUT2D eigenvalue weighted by Crippen LogP contribution is 2.13. The predicted molar refractivity (Wildman–Crippen MR) is 65.3 cm³/mol. The van der Waals surface area contributed by atoms with E-state index in [4.69, 9.17) is 23.2 Å². The Morgan fingerprint density at radius 3 is 2.73 bits per heavy atom. The number of benzene rings is 1. The second-order valence-electron chi connectivity index (χ2n) is 2.99. The van der Waals surface area contributed by atoms with Crippen molar-refractivity contribution < 1.29 is 0 Å². The van der Waals surface area contributed by atoms with Crippen molar-refractivity contribution in [3.8, 4) is 6.07 Å². The molecule has 0 spiro atoms. The Morgan fingerprint density at radius 1 is 1.53 bits per heavy atom. The lowest BCUT2D eigenvalue weighted by molar-refractivity contribution is 1.42. The van der Waals surface area contributed by atoms with Gasteiger partial charge in [-0.3, -0.25) is 0 Å². The van der Waals surface area contributed by atoms with Crippen molar-refractivity contribution in [2.75, 3.05) is 5.32 Å². The molecule has 0 heterocycles. The third-order valence-corrected chi connectivity index (χ3v) is 2.12. The number of thiocarbonyl (C=S) groups is 1. The molecule has 0 aliphatic heterocycles. The molecular weight excluding hydrogens is 206 g/mol. The Bertz CT molecular complexity index is 443. The maximum atomic E-state index is 8.72. The van der Waals surface area contributed by atoms with Crippen molar-refractivity contribution in [2.24, 2.45) is 5.73 Å². The van der Waals surface area contributed by atoms with E-state index < -0.39 is 0 Å². The number of nitrogens with zero attached hydrogens (tertiary/aromatic N) is 1. The van der Waals surface area contributed by atoms with Gasteiger partial charge in [-0.25, -0.2) is 0 Å². The van der Waals surface area contributed by atoms with Gasteiger partial charge in [0.15, 0.2) is 0 Å². The average molecular weight is 217 g/mol. The second-order valence-corrected chi connectivity index (χ2v) is 3.43. The van der Waals surface area contributed by atoms with Crippen LogP contribution in [-0.2, 0) is 0 Å². The first-order valence-corrected chi connectivity index (χ1v) is 4.78. The molecule has 3 N–H and O–H groups in total. The first-order valence-electron chi connectivity index (χ1n) is 4.37.